The Morgan fingerprint density at radius 3 is 3.05 bits per heavy atom. The van der Waals surface area contributed by atoms with Crippen LogP contribution in [0.25, 0.3) is 0 Å². The summed E-state index contributed by atoms with van der Waals surface area (Å²) in [6.07, 6.45) is -1.90. The fourth-order valence-corrected chi connectivity index (χ4v) is 3.26. The van der Waals surface area contributed by atoms with Gasteiger partial charge in [0.2, 0.25) is 0 Å². The van der Waals surface area contributed by atoms with Crippen LogP contribution in [0.5, 0.6) is 0 Å². The molecule has 5 atom stereocenters. The quantitative estimate of drug-likeness (QED) is 0.696. The largest absolute Gasteiger partial charge is 0.346 e. The minimum atomic E-state index is -2.15. The second kappa shape index (κ2) is 4.71. The lowest BCUT2D eigenvalue weighted by Crippen LogP contribution is -2.45. The van der Waals surface area contributed by atoms with Crippen LogP contribution in [0.15, 0.2) is 21.9 Å². The van der Waals surface area contributed by atoms with Crippen molar-refractivity contribution in [2.24, 2.45) is 0 Å². The number of nitrogens with zero attached hydrogens (tertiary/aromatic N) is 1. The van der Waals surface area contributed by atoms with Gasteiger partial charge in [-0.05, 0) is 6.92 Å². The van der Waals surface area contributed by atoms with Gasteiger partial charge >= 0.3 is 14.3 Å². The van der Waals surface area contributed by atoms with Crippen molar-refractivity contribution in [1.29, 1.82) is 0 Å². The van der Waals surface area contributed by atoms with E-state index in [1.165, 1.54) is 6.92 Å². The van der Waals surface area contributed by atoms with E-state index in [-0.39, 0.29) is 6.61 Å². The number of halogens is 1. The van der Waals surface area contributed by atoms with Gasteiger partial charge in [-0.1, -0.05) is 0 Å². The molecule has 2 aliphatic heterocycles. The smallest absolute Gasteiger partial charge is 0.330 e. The van der Waals surface area contributed by atoms with Crippen LogP contribution in [-0.4, -0.2) is 38.9 Å². The highest BCUT2D eigenvalue weighted by Gasteiger charge is 2.59. The summed E-state index contributed by atoms with van der Waals surface area (Å²) in [4.78, 5) is 34.1. The van der Waals surface area contributed by atoms with E-state index >= 15 is 0 Å². The SMILES string of the molecule is C[C@@]1(F)[C@@H]2OP(O)OC[C@H]2O[C@H]1n1ccc(=O)[nH]c1=O. The summed E-state index contributed by atoms with van der Waals surface area (Å²) >= 11 is 0. The van der Waals surface area contributed by atoms with Crippen LogP contribution in [0, 0.1) is 0 Å². The monoisotopic (exact) mass is 306 g/mol. The Kier molecular flexibility index (Phi) is 3.26. The van der Waals surface area contributed by atoms with Gasteiger partial charge in [0.15, 0.2) is 11.9 Å². The Morgan fingerprint density at radius 2 is 2.35 bits per heavy atom. The third kappa shape index (κ3) is 2.11. The average Bonchev–Trinajstić information content (AvgIpc) is 2.62. The summed E-state index contributed by atoms with van der Waals surface area (Å²) in [5.74, 6) is 0. The topological polar surface area (TPSA) is 103 Å². The highest BCUT2D eigenvalue weighted by molar-refractivity contribution is 7.40. The minimum Gasteiger partial charge on any atom is -0.346 e. The molecule has 10 heteroatoms. The van der Waals surface area contributed by atoms with Crippen LogP contribution in [-0.2, 0) is 13.8 Å². The number of alkyl halides is 1. The molecule has 20 heavy (non-hydrogen) atoms. The van der Waals surface area contributed by atoms with Crippen LogP contribution in [0.3, 0.4) is 0 Å². The second-order valence-corrected chi connectivity index (χ2v) is 5.70. The molecule has 2 N–H and O–H groups in total. The molecule has 0 bridgehead atoms. The van der Waals surface area contributed by atoms with Crippen LogP contribution < -0.4 is 11.2 Å². The third-order valence-corrected chi connectivity index (χ3v) is 4.11. The van der Waals surface area contributed by atoms with E-state index in [0.717, 1.165) is 16.8 Å². The van der Waals surface area contributed by atoms with Gasteiger partial charge in [-0.3, -0.25) is 14.3 Å². The fraction of sp³-hybridized carbons (Fsp3) is 0.600. The van der Waals surface area contributed by atoms with Crippen molar-refractivity contribution in [1.82, 2.24) is 9.55 Å². The number of hydrogen-bond acceptors (Lipinski definition) is 6. The number of aromatic nitrogens is 2. The second-order valence-electron chi connectivity index (χ2n) is 4.76. The number of H-pyrrole nitrogens is 1. The number of rotatable bonds is 1. The zero-order valence-electron chi connectivity index (χ0n) is 10.4. The minimum absolute atomic E-state index is 0.0268. The Balaban J connectivity index is 1.98. The van der Waals surface area contributed by atoms with Crippen molar-refractivity contribution in [2.45, 2.75) is 31.0 Å². The molecule has 8 nitrogen and oxygen atoms in total. The standard InChI is InChI=1S/C10H12FN2O6P/c1-10(11)7-5(4-17-20(16)19-7)18-8(10)13-3-2-6(14)12-9(13)15/h2-3,5,7-8,16H,4H2,1H3,(H,12,14,15)/t5-,7-,8-,10-,20?/m1/s1. The van der Waals surface area contributed by atoms with Gasteiger partial charge in [0.05, 0.1) is 6.61 Å². The van der Waals surface area contributed by atoms with Gasteiger partial charge < -0.3 is 18.7 Å². The van der Waals surface area contributed by atoms with Crippen LogP contribution in [0.2, 0.25) is 0 Å². The van der Waals surface area contributed by atoms with Crippen molar-refractivity contribution >= 4 is 8.60 Å². The van der Waals surface area contributed by atoms with Crippen molar-refractivity contribution in [3.63, 3.8) is 0 Å². The van der Waals surface area contributed by atoms with Gasteiger partial charge in [0.1, 0.15) is 12.2 Å². The van der Waals surface area contributed by atoms with E-state index in [2.05, 4.69) is 0 Å². The number of aromatic amines is 1. The van der Waals surface area contributed by atoms with Crippen LogP contribution in [0.1, 0.15) is 13.2 Å². The average molecular weight is 306 g/mol. The molecule has 0 saturated carbocycles. The molecular weight excluding hydrogens is 294 g/mol. The van der Waals surface area contributed by atoms with Crippen molar-refractivity contribution in [3.05, 3.63) is 33.1 Å². The highest BCUT2D eigenvalue weighted by Crippen LogP contribution is 2.51. The summed E-state index contributed by atoms with van der Waals surface area (Å²) in [5, 5.41) is 0. The summed E-state index contributed by atoms with van der Waals surface area (Å²) in [6.45, 7) is 1.19. The van der Waals surface area contributed by atoms with E-state index in [4.69, 9.17) is 13.8 Å². The lowest BCUT2D eigenvalue weighted by molar-refractivity contribution is -0.0635. The molecule has 3 rings (SSSR count). The van der Waals surface area contributed by atoms with E-state index < -0.39 is 44.0 Å². The predicted molar refractivity (Wildman–Crippen MR) is 64.7 cm³/mol. The molecule has 0 radical (unpaired) electrons. The lowest BCUT2D eigenvalue weighted by atomic mass is 9.98. The highest BCUT2D eigenvalue weighted by atomic mass is 31.2. The fourth-order valence-electron chi connectivity index (χ4n) is 2.39. The van der Waals surface area contributed by atoms with E-state index in [9.17, 15) is 18.9 Å². The van der Waals surface area contributed by atoms with Crippen LogP contribution >= 0.6 is 8.60 Å². The number of fused-ring (bicyclic) bond motifs is 1. The summed E-state index contributed by atoms with van der Waals surface area (Å²) in [5.41, 5.74) is -3.42. The first kappa shape index (κ1) is 13.8. The van der Waals surface area contributed by atoms with Gasteiger partial charge in [-0.2, -0.15) is 0 Å². The maximum absolute atomic E-state index is 14.9. The molecule has 2 aliphatic rings. The van der Waals surface area contributed by atoms with E-state index in [1.54, 1.807) is 0 Å². The maximum atomic E-state index is 14.9. The Hall–Kier alpha value is -1.12. The normalized spacial score (nSPS) is 40.5. The van der Waals surface area contributed by atoms with Gasteiger partial charge in [-0.15, -0.1) is 0 Å². The number of nitrogens with one attached hydrogen (secondary N) is 1. The molecule has 0 aliphatic carbocycles. The number of ether oxygens (including phenoxy) is 1. The molecule has 3 heterocycles. The first-order valence-corrected chi connectivity index (χ1v) is 6.97. The third-order valence-electron chi connectivity index (χ3n) is 3.34. The van der Waals surface area contributed by atoms with Gasteiger partial charge in [0, 0.05) is 12.3 Å². The molecule has 110 valence electrons. The molecule has 0 spiro atoms. The zero-order chi connectivity index (χ0) is 14.5. The van der Waals surface area contributed by atoms with Crippen LogP contribution in [0.4, 0.5) is 4.39 Å². The maximum Gasteiger partial charge on any atom is 0.330 e. The number of hydrogen-bond donors (Lipinski definition) is 2. The molecule has 1 aromatic heterocycles. The Morgan fingerprint density at radius 1 is 1.60 bits per heavy atom. The molecular formula is C10H12FN2O6P. The first-order chi connectivity index (χ1) is 9.39. The predicted octanol–water partition coefficient (Wildman–Crippen LogP) is -0.203. The van der Waals surface area contributed by atoms with Gasteiger partial charge in [0.25, 0.3) is 5.56 Å². The van der Waals surface area contributed by atoms with Crippen molar-refractivity contribution in [2.75, 3.05) is 6.61 Å². The summed E-state index contributed by atoms with van der Waals surface area (Å²) in [6, 6.07) is 1.10. The molecule has 1 aromatic rings. The molecule has 2 saturated heterocycles. The van der Waals surface area contributed by atoms with Gasteiger partial charge in [-0.25, -0.2) is 9.18 Å². The Bertz CT molecular complexity index is 631. The molecule has 0 amide bonds. The summed E-state index contributed by atoms with van der Waals surface area (Å²) in [7, 11) is -2.15. The van der Waals surface area contributed by atoms with Crippen molar-refractivity contribution in [3.8, 4) is 0 Å². The summed E-state index contributed by atoms with van der Waals surface area (Å²) < 4.78 is 31.2. The van der Waals surface area contributed by atoms with E-state index in [0.29, 0.717) is 0 Å². The molecule has 1 unspecified atom stereocenters. The first-order valence-electron chi connectivity index (χ1n) is 5.84. The van der Waals surface area contributed by atoms with E-state index in [1.807, 2.05) is 4.98 Å². The zero-order valence-corrected chi connectivity index (χ0v) is 11.2. The Labute approximate surface area is 113 Å². The molecule has 2 fully saturated rings. The van der Waals surface area contributed by atoms with Crippen molar-refractivity contribution < 1.29 is 23.1 Å². The molecule has 0 aromatic carbocycles. The lowest BCUT2D eigenvalue weighted by Gasteiger charge is -2.31.